The average Bonchev–Trinajstić information content (AvgIpc) is 2.61. The Morgan fingerprint density at radius 1 is 1.12 bits per heavy atom. The van der Waals surface area contributed by atoms with Gasteiger partial charge < -0.3 is 0 Å². The SMILES string of the molecule is CC1=Cn2c(nc3cc(C#Cc4ccccn4)ccc3c2=O)CC1. The zero-order valence-corrected chi connectivity index (χ0v) is 13.3. The topological polar surface area (TPSA) is 47.8 Å². The van der Waals surface area contributed by atoms with Crippen molar-refractivity contribution in [2.75, 3.05) is 0 Å². The molecule has 4 rings (SSSR count). The standard InChI is InChI=1S/C20H15N3O/c1-14-5-10-19-22-18-12-15(6-8-16-4-2-3-11-21-16)7-9-17(18)20(24)23(19)13-14/h2-4,7,9,11-13H,5,10H2,1H3. The molecule has 116 valence electrons. The van der Waals surface area contributed by atoms with Gasteiger partial charge in [-0.2, -0.15) is 0 Å². The Bertz CT molecular complexity index is 1080. The van der Waals surface area contributed by atoms with Crippen LogP contribution in [-0.4, -0.2) is 14.5 Å². The second-order valence-electron chi connectivity index (χ2n) is 5.88. The van der Waals surface area contributed by atoms with Crippen LogP contribution in [-0.2, 0) is 6.42 Å². The van der Waals surface area contributed by atoms with Crippen LogP contribution in [0.5, 0.6) is 0 Å². The molecule has 1 aliphatic heterocycles. The predicted octanol–water partition coefficient (Wildman–Crippen LogP) is 3.00. The molecule has 3 aromatic rings. The summed E-state index contributed by atoms with van der Waals surface area (Å²) in [4.78, 5) is 21.5. The third kappa shape index (κ3) is 2.61. The molecule has 0 atom stereocenters. The first-order chi connectivity index (χ1) is 11.7. The summed E-state index contributed by atoms with van der Waals surface area (Å²) in [7, 11) is 0. The Balaban J connectivity index is 1.81. The van der Waals surface area contributed by atoms with Crippen molar-refractivity contribution in [1.29, 1.82) is 0 Å². The largest absolute Gasteiger partial charge is 0.271 e. The van der Waals surface area contributed by atoms with E-state index in [4.69, 9.17) is 0 Å². The fourth-order valence-corrected chi connectivity index (χ4v) is 2.80. The number of hydrogen-bond donors (Lipinski definition) is 0. The van der Waals surface area contributed by atoms with Crippen LogP contribution in [0.3, 0.4) is 0 Å². The molecule has 4 heteroatoms. The minimum Gasteiger partial charge on any atom is -0.271 e. The summed E-state index contributed by atoms with van der Waals surface area (Å²) in [6.45, 7) is 2.04. The van der Waals surface area contributed by atoms with E-state index in [0.717, 1.165) is 29.9 Å². The van der Waals surface area contributed by atoms with Gasteiger partial charge in [0.1, 0.15) is 11.5 Å². The summed E-state index contributed by atoms with van der Waals surface area (Å²) in [5, 5.41) is 0.619. The van der Waals surface area contributed by atoms with Crippen LogP contribution in [0.25, 0.3) is 17.1 Å². The molecule has 0 amide bonds. The van der Waals surface area contributed by atoms with Gasteiger partial charge in [-0.15, -0.1) is 0 Å². The lowest BCUT2D eigenvalue weighted by Gasteiger charge is -2.15. The van der Waals surface area contributed by atoms with E-state index < -0.39 is 0 Å². The molecule has 3 heterocycles. The highest BCUT2D eigenvalue weighted by Crippen LogP contribution is 2.18. The fourth-order valence-electron chi connectivity index (χ4n) is 2.80. The van der Waals surface area contributed by atoms with Gasteiger partial charge in [0.25, 0.3) is 5.56 Å². The monoisotopic (exact) mass is 313 g/mol. The lowest BCUT2D eigenvalue weighted by atomic mass is 10.1. The fraction of sp³-hybridized carbons (Fsp3) is 0.150. The van der Waals surface area contributed by atoms with E-state index >= 15 is 0 Å². The molecule has 0 N–H and O–H groups in total. The molecule has 0 unspecified atom stereocenters. The summed E-state index contributed by atoms with van der Waals surface area (Å²) in [6, 6.07) is 11.2. The summed E-state index contributed by atoms with van der Waals surface area (Å²) < 4.78 is 1.67. The Morgan fingerprint density at radius 3 is 2.88 bits per heavy atom. The van der Waals surface area contributed by atoms with Crippen LogP contribution in [0.4, 0.5) is 0 Å². The minimum absolute atomic E-state index is 0.0155. The average molecular weight is 313 g/mol. The molecule has 0 aliphatic carbocycles. The lowest BCUT2D eigenvalue weighted by molar-refractivity contribution is 0.770. The van der Waals surface area contributed by atoms with Crippen LogP contribution >= 0.6 is 0 Å². The molecule has 1 aromatic carbocycles. The van der Waals surface area contributed by atoms with Gasteiger partial charge in [0.2, 0.25) is 0 Å². The van der Waals surface area contributed by atoms with Gasteiger partial charge in [-0.3, -0.25) is 9.36 Å². The molecule has 0 bridgehead atoms. The molecule has 0 saturated carbocycles. The highest BCUT2D eigenvalue weighted by molar-refractivity contribution is 5.80. The van der Waals surface area contributed by atoms with E-state index in [2.05, 4.69) is 21.8 Å². The second kappa shape index (κ2) is 5.78. The van der Waals surface area contributed by atoms with Crippen LogP contribution in [0, 0.1) is 11.8 Å². The first-order valence-electron chi connectivity index (χ1n) is 7.86. The molecule has 4 nitrogen and oxygen atoms in total. The van der Waals surface area contributed by atoms with Crippen molar-refractivity contribution in [3.05, 3.63) is 75.6 Å². The third-order valence-electron chi connectivity index (χ3n) is 4.07. The van der Waals surface area contributed by atoms with E-state index in [1.807, 2.05) is 43.5 Å². The Labute approximate surface area is 139 Å². The number of rotatable bonds is 0. The maximum absolute atomic E-state index is 12.6. The molecular weight excluding hydrogens is 298 g/mol. The summed E-state index contributed by atoms with van der Waals surface area (Å²) in [5.74, 6) is 6.93. The predicted molar refractivity (Wildman–Crippen MR) is 94.5 cm³/mol. The van der Waals surface area contributed by atoms with Gasteiger partial charge in [-0.1, -0.05) is 17.6 Å². The van der Waals surface area contributed by atoms with Gasteiger partial charge in [0.05, 0.1) is 10.9 Å². The van der Waals surface area contributed by atoms with Gasteiger partial charge in [-0.05, 0) is 49.6 Å². The normalized spacial score (nSPS) is 13.0. The van der Waals surface area contributed by atoms with Gasteiger partial charge >= 0.3 is 0 Å². The maximum atomic E-state index is 12.6. The van der Waals surface area contributed by atoms with E-state index in [1.165, 1.54) is 5.57 Å². The quantitative estimate of drug-likeness (QED) is 0.599. The lowest BCUT2D eigenvalue weighted by Crippen LogP contribution is -2.24. The number of pyridine rings is 1. The summed E-state index contributed by atoms with van der Waals surface area (Å²) >= 11 is 0. The summed E-state index contributed by atoms with van der Waals surface area (Å²) in [5.41, 5.74) is 3.43. The van der Waals surface area contributed by atoms with Crippen molar-refractivity contribution in [3.63, 3.8) is 0 Å². The smallest absolute Gasteiger partial charge is 0.265 e. The number of benzene rings is 1. The molecular formula is C20H15N3O. The summed E-state index contributed by atoms with van der Waals surface area (Å²) in [6.07, 6.45) is 5.34. The Morgan fingerprint density at radius 2 is 2.04 bits per heavy atom. The molecule has 24 heavy (non-hydrogen) atoms. The maximum Gasteiger partial charge on any atom is 0.265 e. The van der Waals surface area contributed by atoms with E-state index in [0.29, 0.717) is 10.9 Å². The number of aryl methyl sites for hydroxylation is 1. The number of fused-ring (bicyclic) bond motifs is 2. The van der Waals surface area contributed by atoms with Crippen LogP contribution in [0.15, 0.2) is 53.0 Å². The molecule has 0 spiro atoms. The number of aromatic nitrogens is 3. The molecule has 0 saturated heterocycles. The van der Waals surface area contributed by atoms with Crippen molar-refractivity contribution in [1.82, 2.24) is 14.5 Å². The highest BCUT2D eigenvalue weighted by atomic mass is 16.1. The van der Waals surface area contributed by atoms with E-state index in [-0.39, 0.29) is 5.56 Å². The highest BCUT2D eigenvalue weighted by Gasteiger charge is 2.13. The minimum atomic E-state index is -0.0155. The molecule has 2 aromatic heterocycles. The zero-order valence-electron chi connectivity index (χ0n) is 13.3. The van der Waals surface area contributed by atoms with Crippen LogP contribution in [0.1, 0.15) is 30.4 Å². The molecule has 0 radical (unpaired) electrons. The van der Waals surface area contributed by atoms with Gasteiger partial charge in [0, 0.05) is 24.4 Å². The number of hydrogen-bond acceptors (Lipinski definition) is 3. The first-order valence-corrected chi connectivity index (χ1v) is 7.86. The van der Waals surface area contributed by atoms with Crippen LogP contribution in [0.2, 0.25) is 0 Å². The van der Waals surface area contributed by atoms with Crippen molar-refractivity contribution in [2.45, 2.75) is 19.8 Å². The van der Waals surface area contributed by atoms with Crippen LogP contribution < -0.4 is 5.56 Å². The molecule has 0 fully saturated rings. The first kappa shape index (κ1) is 14.4. The number of allylic oxidation sites excluding steroid dienone is 1. The Kier molecular flexibility index (Phi) is 3.47. The zero-order chi connectivity index (χ0) is 16.5. The third-order valence-corrected chi connectivity index (χ3v) is 4.07. The van der Waals surface area contributed by atoms with Crippen molar-refractivity contribution in [2.24, 2.45) is 0 Å². The van der Waals surface area contributed by atoms with Crippen molar-refractivity contribution >= 4 is 17.1 Å². The van der Waals surface area contributed by atoms with Crippen molar-refractivity contribution < 1.29 is 0 Å². The second-order valence-corrected chi connectivity index (χ2v) is 5.88. The Hall–Kier alpha value is -3.19. The van der Waals surface area contributed by atoms with Gasteiger partial charge in [-0.25, -0.2) is 9.97 Å². The number of nitrogens with zero attached hydrogens (tertiary/aromatic N) is 3. The van der Waals surface area contributed by atoms with E-state index in [1.54, 1.807) is 16.8 Å². The van der Waals surface area contributed by atoms with Gasteiger partial charge in [0.15, 0.2) is 0 Å². The van der Waals surface area contributed by atoms with E-state index in [9.17, 15) is 4.79 Å². The molecule has 1 aliphatic rings. The van der Waals surface area contributed by atoms with Crippen molar-refractivity contribution in [3.8, 4) is 11.8 Å².